The van der Waals surface area contributed by atoms with Crippen molar-refractivity contribution in [1.29, 1.82) is 0 Å². The van der Waals surface area contributed by atoms with Crippen molar-refractivity contribution in [3.05, 3.63) is 35.4 Å². The van der Waals surface area contributed by atoms with E-state index in [0.29, 0.717) is 19.4 Å². The second-order valence-electron chi connectivity index (χ2n) is 8.74. The highest BCUT2D eigenvalue weighted by Gasteiger charge is 2.54. The maximum absolute atomic E-state index is 13.0. The lowest BCUT2D eigenvalue weighted by Crippen LogP contribution is -2.52. The van der Waals surface area contributed by atoms with E-state index in [2.05, 4.69) is 11.8 Å². The molecule has 154 valence electrons. The topological polar surface area (TPSA) is 66.8 Å². The van der Waals surface area contributed by atoms with E-state index >= 15 is 0 Å². The number of fused-ring (bicyclic) bond motifs is 1. The van der Waals surface area contributed by atoms with Crippen LogP contribution in [0, 0.1) is 30.6 Å². The van der Waals surface area contributed by atoms with E-state index in [1.54, 1.807) is 0 Å². The fraction of sp³-hybridized carbons (Fsp3) is 0.583. The molecule has 5 heteroatoms. The van der Waals surface area contributed by atoms with Gasteiger partial charge >= 0.3 is 12.1 Å². The number of ether oxygens (including phenoxy) is 1. The Labute approximate surface area is 172 Å². The molecule has 3 fully saturated rings. The summed E-state index contributed by atoms with van der Waals surface area (Å²) >= 11 is 0. The van der Waals surface area contributed by atoms with Crippen molar-refractivity contribution < 1.29 is 19.4 Å². The number of hydrogen-bond acceptors (Lipinski definition) is 3. The lowest BCUT2D eigenvalue weighted by atomic mass is 9.72. The number of benzene rings is 1. The average Bonchev–Trinajstić information content (AvgIpc) is 3.37. The predicted octanol–water partition coefficient (Wildman–Crippen LogP) is 4.37. The molecule has 2 saturated carbocycles. The van der Waals surface area contributed by atoms with Crippen molar-refractivity contribution >= 4 is 12.1 Å². The molecular formula is C24H29NO4. The maximum Gasteiger partial charge on any atom is 0.407 e. The van der Waals surface area contributed by atoms with Crippen LogP contribution in [0.2, 0.25) is 0 Å². The monoisotopic (exact) mass is 395 g/mol. The van der Waals surface area contributed by atoms with E-state index in [4.69, 9.17) is 4.74 Å². The second kappa shape index (κ2) is 8.10. The average molecular weight is 395 g/mol. The Morgan fingerprint density at radius 1 is 1.17 bits per heavy atom. The fourth-order valence-electron chi connectivity index (χ4n) is 5.38. The largest absolute Gasteiger partial charge is 0.465 e. The zero-order valence-electron chi connectivity index (χ0n) is 17.0. The zero-order valence-corrected chi connectivity index (χ0v) is 17.0. The van der Waals surface area contributed by atoms with Gasteiger partial charge in [-0.1, -0.05) is 30.9 Å². The standard InChI is InChI=1S/C24H29NO4/c1-17-6-4-7-18(16-17)11-14-24(29-22(26)19-8-2-3-9-19)13-5-10-21-20(24)12-15-25(21)23(27)28/h4,6-7,16,19-21H,2-3,5,8-10,12-13,15H2,1H3,(H,27,28). The number of nitrogens with zero attached hydrogens (tertiary/aromatic N) is 1. The first kappa shape index (κ1) is 19.8. The molecule has 0 radical (unpaired) electrons. The van der Waals surface area contributed by atoms with Crippen LogP contribution in [0.1, 0.15) is 62.5 Å². The number of aryl methyl sites for hydroxylation is 1. The molecule has 1 aromatic rings. The van der Waals surface area contributed by atoms with Crippen LogP contribution in [-0.2, 0) is 9.53 Å². The molecule has 0 spiro atoms. The maximum atomic E-state index is 13.0. The van der Waals surface area contributed by atoms with Crippen LogP contribution in [0.4, 0.5) is 4.79 Å². The SMILES string of the molecule is Cc1cccc(C#CC2(OC(=O)C3CCCC3)CCCC3C2CCN3C(=O)O)c1. The summed E-state index contributed by atoms with van der Waals surface area (Å²) in [5.74, 6) is 6.37. The van der Waals surface area contributed by atoms with Gasteiger partial charge in [0.1, 0.15) is 0 Å². The molecule has 3 aliphatic rings. The molecule has 1 aromatic carbocycles. The van der Waals surface area contributed by atoms with Crippen molar-refractivity contribution in [2.45, 2.75) is 69.9 Å². The van der Waals surface area contributed by atoms with Crippen molar-refractivity contribution in [3.63, 3.8) is 0 Å². The van der Waals surface area contributed by atoms with Gasteiger partial charge in [-0.2, -0.15) is 0 Å². The van der Waals surface area contributed by atoms with Crippen molar-refractivity contribution in [1.82, 2.24) is 4.90 Å². The first-order chi connectivity index (χ1) is 14.0. The number of amides is 1. The van der Waals surface area contributed by atoms with Crippen LogP contribution in [0.3, 0.4) is 0 Å². The van der Waals surface area contributed by atoms with Crippen LogP contribution < -0.4 is 0 Å². The molecule has 1 heterocycles. The number of carboxylic acid groups (broad SMARTS) is 1. The third kappa shape index (κ3) is 3.99. The molecule has 3 unspecified atom stereocenters. The van der Waals surface area contributed by atoms with Gasteiger partial charge in [0.05, 0.1) is 5.92 Å². The van der Waals surface area contributed by atoms with E-state index in [-0.39, 0.29) is 23.8 Å². The third-order valence-corrected chi connectivity index (χ3v) is 6.85. The lowest BCUT2D eigenvalue weighted by molar-refractivity contribution is -0.167. The minimum absolute atomic E-state index is 0.0370. The Morgan fingerprint density at radius 3 is 2.69 bits per heavy atom. The molecule has 3 atom stereocenters. The minimum Gasteiger partial charge on any atom is -0.465 e. The van der Waals surface area contributed by atoms with Gasteiger partial charge in [0.2, 0.25) is 0 Å². The van der Waals surface area contributed by atoms with Crippen LogP contribution in [0.15, 0.2) is 24.3 Å². The Balaban J connectivity index is 1.67. The van der Waals surface area contributed by atoms with Gasteiger partial charge in [-0.25, -0.2) is 4.79 Å². The van der Waals surface area contributed by atoms with Gasteiger partial charge in [-0.05, 0) is 69.1 Å². The highest BCUT2D eigenvalue weighted by molar-refractivity contribution is 5.74. The number of carbonyl (C=O) groups excluding carboxylic acids is 1. The second-order valence-corrected chi connectivity index (χ2v) is 8.74. The molecular weight excluding hydrogens is 366 g/mol. The molecule has 29 heavy (non-hydrogen) atoms. The number of esters is 1. The molecule has 1 saturated heterocycles. The van der Waals surface area contributed by atoms with Crippen LogP contribution in [0.5, 0.6) is 0 Å². The van der Waals surface area contributed by atoms with Gasteiger partial charge < -0.3 is 14.7 Å². The minimum atomic E-state index is -0.892. The highest BCUT2D eigenvalue weighted by Crippen LogP contribution is 2.45. The van der Waals surface area contributed by atoms with Crippen LogP contribution in [-0.4, -0.2) is 40.3 Å². The summed E-state index contributed by atoms with van der Waals surface area (Å²) in [6.07, 6.45) is 6.02. The summed E-state index contributed by atoms with van der Waals surface area (Å²) in [5.41, 5.74) is 1.14. The van der Waals surface area contributed by atoms with E-state index in [9.17, 15) is 14.7 Å². The van der Waals surface area contributed by atoms with Gasteiger partial charge in [-0.3, -0.25) is 4.79 Å². The van der Waals surface area contributed by atoms with Gasteiger partial charge in [0, 0.05) is 24.1 Å². The molecule has 5 nitrogen and oxygen atoms in total. The quantitative estimate of drug-likeness (QED) is 0.596. The molecule has 1 aliphatic heterocycles. The third-order valence-electron chi connectivity index (χ3n) is 6.85. The van der Waals surface area contributed by atoms with E-state index in [1.807, 2.05) is 31.2 Å². The molecule has 1 N–H and O–H groups in total. The zero-order chi connectivity index (χ0) is 20.4. The number of likely N-dealkylation sites (tertiary alicyclic amines) is 1. The molecule has 4 rings (SSSR count). The van der Waals surface area contributed by atoms with Gasteiger partial charge in [0.15, 0.2) is 5.60 Å². The number of carbonyl (C=O) groups is 2. The number of rotatable bonds is 2. The summed E-state index contributed by atoms with van der Waals surface area (Å²) in [6.45, 7) is 2.51. The summed E-state index contributed by atoms with van der Waals surface area (Å²) < 4.78 is 6.22. The fourth-order valence-corrected chi connectivity index (χ4v) is 5.38. The highest BCUT2D eigenvalue weighted by atomic mass is 16.6. The summed E-state index contributed by atoms with van der Waals surface area (Å²) in [6, 6.07) is 7.87. The van der Waals surface area contributed by atoms with Crippen LogP contribution >= 0.6 is 0 Å². The molecule has 2 aliphatic carbocycles. The Morgan fingerprint density at radius 2 is 1.97 bits per heavy atom. The van der Waals surface area contributed by atoms with E-state index < -0.39 is 11.7 Å². The Hall–Kier alpha value is -2.48. The predicted molar refractivity (Wildman–Crippen MR) is 109 cm³/mol. The normalized spacial score (nSPS) is 29.1. The molecule has 0 aromatic heterocycles. The smallest absolute Gasteiger partial charge is 0.407 e. The summed E-state index contributed by atoms with van der Waals surface area (Å²) in [7, 11) is 0. The van der Waals surface area contributed by atoms with Crippen molar-refractivity contribution in [2.24, 2.45) is 11.8 Å². The molecule has 0 bridgehead atoms. The summed E-state index contributed by atoms with van der Waals surface area (Å²) in [5, 5.41) is 9.60. The summed E-state index contributed by atoms with van der Waals surface area (Å²) in [4.78, 5) is 26.2. The first-order valence-electron chi connectivity index (χ1n) is 10.8. The first-order valence-corrected chi connectivity index (χ1v) is 10.8. The van der Waals surface area contributed by atoms with E-state index in [1.165, 1.54) is 4.90 Å². The van der Waals surface area contributed by atoms with Crippen molar-refractivity contribution in [2.75, 3.05) is 6.54 Å². The Bertz CT molecular complexity index is 848. The van der Waals surface area contributed by atoms with Crippen molar-refractivity contribution in [3.8, 4) is 11.8 Å². The Kier molecular flexibility index (Phi) is 5.54. The van der Waals surface area contributed by atoms with Crippen LogP contribution in [0.25, 0.3) is 0 Å². The number of hydrogen-bond donors (Lipinski definition) is 1. The van der Waals surface area contributed by atoms with E-state index in [0.717, 1.165) is 49.7 Å². The lowest BCUT2D eigenvalue weighted by Gasteiger charge is -2.42. The van der Waals surface area contributed by atoms with Gasteiger partial charge in [0.25, 0.3) is 0 Å². The molecule has 1 amide bonds. The van der Waals surface area contributed by atoms with Gasteiger partial charge in [-0.15, -0.1) is 0 Å².